The third-order valence-corrected chi connectivity index (χ3v) is 8.33. The minimum atomic E-state index is 0.0150. The lowest BCUT2D eigenvalue weighted by Crippen LogP contribution is -2.33. The van der Waals surface area contributed by atoms with E-state index < -0.39 is 0 Å². The van der Waals surface area contributed by atoms with E-state index in [4.69, 9.17) is 0 Å². The zero-order valence-corrected chi connectivity index (χ0v) is 29.6. The zero-order chi connectivity index (χ0) is 30.7. The lowest BCUT2D eigenvalue weighted by Gasteiger charge is -2.43. The summed E-state index contributed by atoms with van der Waals surface area (Å²) >= 11 is 0. The maximum Gasteiger partial charge on any atom is 0.00929 e. The summed E-state index contributed by atoms with van der Waals surface area (Å²) in [4.78, 5) is 0. The van der Waals surface area contributed by atoms with Crippen molar-refractivity contribution in [2.75, 3.05) is 0 Å². The van der Waals surface area contributed by atoms with Crippen LogP contribution < -0.4 is 0 Å². The van der Waals surface area contributed by atoms with E-state index in [2.05, 4.69) is 156 Å². The van der Waals surface area contributed by atoms with E-state index in [0.29, 0.717) is 5.92 Å². The normalized spacial score (nSPS) is 15.1. The predicted octanol–water partition coefficient (Wildman–Crippen LogP) is 12.0. The molecule has 0 heteroatoms. The van der Waals surface area contributed by atoms with Crippen molar-refractivity contribution in [2.24, 2.45) is 0 Å². The van der Waals surface area contributed by atoms with Crippen LogP contribution in [-0.4, -0.2) is 0 Å². The van der Waals surface area contributed by atoms with E-state index in [1.807, 2.05) is 0 Å². The third kappa shape index (κ3) is 7.40. The van der Waals surface area contributed by atoms with Crippen molar-refractivity contribution < 1.29 is 0 Å². The highest BCUT2D eigenvalue weighted by Crippen LogP contribution is 2.50. The van der Waals surface area contributed by atoms with Crippen LogP contribution in [0.15, 0.2) is 24.3 Å². The maximum atomic E-state index is 2.62. The first-order valence-electron chi connectivity index (χ1n) is 15.5. The fourth-order valence-electron chi connectivity index (χ4n) is 6.16. The Bertz CT molecular complexity index is 1130. The maximum absolute atomic E-state index is 2.62. The fourth-order valence-corrected chi connectivity index (χ4v) is 6.16. The second kappa shape index (κ2) is 10.4. The van der Waals surface area contributed by atoms with Crippen molar-refractivity contribution in [3.8, 4) is 0 Å². The molecule has 0 bridgehead atoms. The van der Waals surface area contributed by atoms with Crippen LogP contribution in [0.1, 0.15) is 188 Å². The van der Waals surface area contributed by atoms with Gasteiger partial charge in [0.05, 0.1) is 0 Å². The second-order valence-corrected chi connectivity index (χ2v) is 18.4. The smallest absolute Gasteiger partial charge is 0.00929 e. The largest absolute Gasteiger partial charge is 0.0645 e. The van der Waals surface area contributed by atoms with Crippen LogP contribution in [0.4, 0.5) is 0 Å². The molecular formula is C39H64. The first-order valence-corrected chi connectivity index (χ1v) is 15.5. The van der Waals surface area contributed by atoms with Crippen LogP contribution in [0.3, 0.4) is 0 Å². The Kier molecular flexibility index (Phi) is 8.94. The van der Waals surface area contributed by atoms with E-state index in [9.17, 15) is 0 Å². The fraction of sp³-hybridized carbons (Fsp3) is 0.692. The topological polar surface area (TPSA) is 0 Å². The van der Waals surface area contributed by atoms with Gasteiger partial charge in [-0.05, 0) is 83.4 Å². The Morgan fingerprint density at radius 3 is 1.10 bits per heavy atom. The van der Waals surface area contributed by atoms with Crippen molar-refractivity contribution in [3.63, 3.8) is 0 Å². The average Bonchev–Trinajstić information content (AvgIpc) is 2.69. The van der Waals surface area contributed by atoms with Crippen LogP contribution in [0.2, 0.25) is 0 Å². The molecule has 0 N–H and O–H groups in total. The van der Waals surface area contributed by atoms with Gasteiger partial charge in [0.15, 0.2) is 0 Å². The van der Waals surface area contributed by atoms with Crippen LogP contribution in [0.5, 0.6) is 0 Å². The Labute approximate surface area is 244 Å². The predicted molar refractivity (Wildman–Crippen MR) is 177 cm³/mol. The van der Waals surface area contributed by atoms with Crippen molar-refractivity contribution in [1.82, 2.24) is 0 Å². The SMILES string of the molecule is CCC(c1cc(C(C)(C)C)cc(C(C)(C)C)c1)c1c(C(C)(C)C)cc(C(C)(C)C)c(C(C)(C)C)c1C(C)(C)C. The molecule has 0 aliphatic carbocycles. The molecule has 1 atom stereocenters. The lowest BCUT2D eigenvalue weighted by molar-refractivity contribution is 0.479. The van der Waals surface area contributed by atoms with E-state index >= 15 is 0 Å². The highest BCUT2D eigenvalue weighted by Gasteiger charge is 2.39. The molecule has 2 aromatic rings. The van der Waals surface area contributed by atoms with Crippen LogP contribution in [0.25, 0.3) is 0 Å². The molecule has 2 rings (SSSR count). The summed E-state index contributed by atoms with van der Waals surface area (Å²) in [5, 5.41) is 0. The van der Waals surface area contributed by atoms with Crippen molar-refractivity contribution >= 4 is 0 Å². The molecule has 0 aromatic heterocycles. The molecule has 0 nitrogen and oxygen atoms in total. The van der Waals surface area contributed by atoms with Gasteiger partial charge in [0, 0.05) is 5.92 Å². The molecule has 0 radical (unpaired) electrons. The molecule has 0 amide bonds. The molecule has 0 saturated heterocycles. The van der Waals surface area contributed by atoms with Gasteiger partial charge >= 0.3 is 0 Å². The number of hydrogen-bond acceptors (Lipinski definition) is 0. The quantitative estimate of drug-likeness (QED) is 0.369. The Balaban J connectivity index is 3.29. The molecule has 0 fully saturated rings. The molecule has 2 aromatic carbocycles. The summed E-state index contributed by atoms with van der Waals surface area (Å²) in [6, 6.07) is 10.2. The van der Waals surface area contributed by atoms with E-state index in [1.54, 1.807) is 16.7 Å². The molecule has 0 aliphatic rings. The summed E-state index contributed by atoms with van der Waals surface area (Å²) in [6.45, 7) is 45.6. The number of hydrogen-bond donors (Lipinski definition) is 0. The first kappa shape index (κ1) is 33.6. The van der Waals surface area contributed by atoms with Crippen LogP contribution in [0, 0.1) is 0 Å². The third-order valence-electron chi connectivity index (χ3n) is 8.33. The van der Waals surface area contributed by atoms with Crippen molar-refractivity contribution in [1.29, 1.82) is 0 Å². The molecule has 0 heterocycles. The van der Waals surface area contributed by atoms with Gasteiger partial charge in [0.2, 0.25) is 0 Å². The van der Waals surface area contributed by atoms with Gasteiger partial charge in [0.1, 0.15) is 0 Å². The molecule has 39 heavy (non-hydrogen) atoms. The molecule has 0 spiro atoms. The summed E-state index contributed by atoms with van der Waals surface area (Å²) in [5.74, 6) is 0.340. The van der Waals surface area contributed by atoms with E-state index in [1.165, 1.54) is 27.8 Å². The van der Waals surface area contributed by atoms with Crippen LogP contribution in [-0.2, 0) is 32.5 Å². The zero-order valence-electron chi connectivity index (χ0n) is 29.6. The van der Waals surface area contributed by atoms with Crippen LogP contribution >= 0.6 is 0 Å². The Hall–Kier alpha value is -1.56. The van der Waals surface area contributed by atoms with E-state index in [0.717, 1.165) is 6.42 Å². The van der Waals surface area contributed by atoms with Gasteiger partial charge in [-0.15, -0.1) is 0 Å². The standard InChI is InChI=1S/C39H64/c1-20-28(25-21-26(34(2,3)4)23-27(22-25)35(5,6)7)31-29(36(8,9)10)24-30(37(11,12)13)32(38(14,15)16)33(31)39(17,18)19/h21-24,28H,20H2,1-19H3. The van der Waals surface area contributed by atoms with Crippen molar-refractivity contribution in [2.45, 2.75) is 176 Å². The van der Waals surface area contributed by atoms with E-state index in [-0.39, 0.29) is 32.5 Å². The molecule has 0 saturated carbocycles. The first-order chi connectivity index (χ1) is 17.1. The Morgan fingerprint density at radius 1 is 0.436 bits per heavy atom. The summed E-state index contributed by atoms with van der Waals surface area (Å²) in [7, 11) is 0. The van der Waals surface area contributed by atoms with Gasteiger partial charge < -0.3 is 0 Å². The molecular weight excluding hydrogens is 468 g/mol. The van der Waals surface area contributed by atoms with Gasteiger partial charge in [-0.25, -0.2) is 0 Å². The Morgan fingerprint density at radius 2 is 0.821 bits per heavy atom. The van der Waals surface area contributed by atoms with Gasteiger partial charge in [0.25, 0.3) is 0 Å². The summed E-state index contributed by atoms with van der Waals surface area (Å²) < 4.78 is 0. The van der Waals surface area contributed by atoms with Gasteiger partial charge in [-0.1, -0.05) is 156 Å². The molecule has 0 aliphatic heterocycles. The number of benzene rings is 2. The minimum absolute atomic E-state index is 0.0150. The molecule has 220 valence electrons. The summed E-state index contributed by atoms with van der Waals surface area (Å²) in [6.07, 6.45) is 1.09. The van der Waals surface area contributed by atoms with Gasteiger partial charge in [-0.2, -0.15) is 0 Å². The second-order valence-electron chi connectivity index (χ2n) is 18.4. The highest BCUT2D eigenvalue weighted by molar-refractivity contribution is 5.59. The lowest BCUT2D eigenvalue weighted by atomic mass is 9.62. The van der Waals surface area contributed by atoms with Crippen molar-refractivity contribution in [3.05, 3.63) is 68.8 Å². The highest BCUT2D eigenvalue weighted by atomic mass is 14.4. The summed E-state index contributed by atoms with van der Waals surface area (Å²) in [5.41, 5.74) is 12.5. The average molecular weight is 533 g/mol. The molecule has 1 unspecified atom stereocenters. The number of rotatable bonds is 3. The van der Waals surface area contributed by atoms with Gasteiger partial charge in [-0.3, -0.25) is 0 Å². The minimum Gasteiger partial charge on any atom is -0.0645 e. The monoisotopic (exact) mass is 533 g/mol.